The molecule has 0 fully saturated rings. The minimum Gasteiger partial charge on any atom is -0.370 e. The summed E-state index contributed by atoms with van der Waals surface area (Å²) in [5.41, 5.74) is 0. The van der Waals surface area contributed by atoms with Gasteiger partial charge in [-0.2, -0.15) is 13.2 Å². The standard InChI is InChI=1S/C12H13F3N4S/c1-2-16-9-6-10(17-7-8-4-3-5-20-8)19-11(18-9)12(13,14)15/h3-6H,2,7H2,1H3,(H2,16,17,18,19). The highest BCUT2D eigenvalue weighted by Crippen LogP contribution is 2.28. The van der Waals surface area contributed by atoms with E-state index in [-0.39, 0.29) is 11.6 Å². The van der Waals surface area contributed by atoms with Gasteiger partial charge in [0.1, 0.15) is 11.6 Å². The number of hydrogen-bond donors (Lipinski definition) is 2. The lowest BCUT2D eigenvalue weighted by Crippen LogP contribution is -2.15. The highest BCUT2D eigenvalue weighted by atomic mass is 32.1. The van der Waals surface area contributed by atoms with E-state index in [4.69, 9.17) is 0 Å². The normalized spacial score (nSPS) is 11.4. The number of halogens is 3. The Balaban J connectivity index is 2.20. The Hall–Kier alpha value is -1.83. The summed E-state index contributed by atoms with van der Waals surface area (Å²) < 4.78 is 38.2. The van der Waals surface area contributed by atoms with Gasteiger partial charge in [0.05, 0.1) is 6.54 Å². The second-order valence-corrected chi connectivity index (χ2v) is 4.96. The van der Waals surface area contributed by atoms with Crippen LogP contribution in [0.25, 0.3) is 0 Å². The summed E-state index contributed by atoms with van der Waals surface area (Å²) in [6, 6.07) is 5.24. The maximum Gasteiger partial charge on any atom is 0.451 e. The third-order valence-electron chi connectivity index (χ3n) is 2.36. The molecule has 0 amide bonds. The van der Waals surface area contributed by atoms with Crippen molar-refractivity contribution in [1.82, 2.24) is 9.97 Å². The maximum atomic E-state index is 12.7. The van der Waals surface area contributed by atoms with Crippen LogP contribution in [-0.2, 0) is 12.7 Å². The van der Waals surface area contributed by atoms with Crippen LogP contribution in [0.15, 0.2) is 23.6 Å². The van der Waals surface area contributed by atoms with E-state index in [1.165, 1.54) is 17.4 Å². The molecule has 2 N–H and O–H groups in total. The van der Waals surface area contributed by atoms with E-state index in [0.717, 1.165) is 4.88 Å². The minimum atomic E-state index is -4.56. The molecule has 0 saturated heterocycles. The van der Waals surface area contributed by atoms with Crippen LogP contribution in [0.2, 0.25) is 0 Å². The zero-order chi connectivity index (χ0) is 14.6. The van der Waals surface area contributed by atoms with Crippen molar-refractivity contribution in [2.45, 2.75) is 19.6 Å². The van der Waals surface area contributed by atoms with Crippen LogP contribution < -0.4 is 10.6 Å². The molecule has 0 aliphatic heterocycles. The summed E-state index contributed by atoms with van der Waals surface area (Å²) in [5.74, 6) is -0.843. The monoisotopic (exact) mass is 302 g/mol. The molecule has 2 aromatic rings. The number of alkyl halides is 3. The van der Waals surface area contributed by atoms with Crippen LogP contribution in [0.5, 0.6) is 0 Å². The molecule has 0 aliphatic rings. The van der Waals surface area contributed by atoms with Crippen molar-refractivity contribution >= 4 is 23.0 Å². The molecule has 108 valence electrons. The van der Waals surface area contributed by atoms with Gasteiger partial charge in [-0.05, 0) is 18.4 Å². The predicted octanol–water partition coefficient (Wildman–Crippen LogP) is 3.60. The molecule has 0 aromatic carbocycles. The molecule has 2 rings (SSSR count). The fourth-order valence-corrected chi connectivity index (χ4v) is 2.17. The number of nitrogens with zero attached hydrogens (tertiary/aromatic N) is 2. The van der Waals surface area contributed by atoms with Crippen LogP contribution >= 0.6 is 11.3 Å². The average molecular weight is 302 g/mol. The predicted molar refractivity (Wildman–Crippen MR) is 72.8 cm³/mol. The van der Waals surface area contributed by atoms with E-state index in [9.17, 15) is 13.2 Å². The van der Waals surface area contributed by atoms with Gasteiger partial charge in [-0.25, -0.2) is 9.97 Å². The number of rotatable bonds is 5. The fraction of sp³-hybridized carbons (Fsp3) is 0.333. The Bertz CT molecular complexity index is 554. The van der Waals surface area contributed by atoms with Gasteiger partial charge < -0.3 is 10.6 Å². The minimum absolute atomic E-state index is 0.150. The van der Waals surface area contributed by atoms with Crippen molar-refractivity contribution in [2.24, 2.45) is 0 Å². The molecule has 20 heavy (non-hydrogen) atoms. The molecule has 0 radical (unpaired) electrons. The molecule has 0 bridgehead atoms. The largest absolute Gasteiger partial charge is 0.451 e. The summed E-state index contributed by atoms with van der Waals surface area (Å²) >= 11 is 1.52. The van der Waals surface area contributed by atoms with E-state index in [1.54, 1.807) is 6.92 Å². The molecule has 0 saturated carbocycles. The fourth-order valence-electron chi connectivity index (χ4n) is 1.53. The molecule has 0 unspecified atom stereocenters. The van der Waals surface area contributed by atoms with E-state index in [1.807, 2.05) is 17.5 Å². The van der Waals surface area contributed by atoms with Crippen LogP contribution in [0.4, 0.5) is 24.8 Å². The maximum absolute atomic E-state index is 12.7. The van der Waals surface area contributed by atoms with Gasteiger partial charge in [0.2, 0.25) is 5.82 Å². The smallest absolute Gasteiger partial charge is 0.370 e. The number of thiophene rings is 1. The summed E-state index contributed by atoms with van der Waals surface area (Å²) in [4.78, 5) is 7.97. The molecule has 0 aliphatic carbocycles. The lowest BCUT2D eigenvalue weighted by Gasteiger charge is -2.11. The van der Waals surface area contributed by atoms with Gasteiger partial charge in [-0.3, -0.25) is 0 Å². The van der Waals surface area contributed by atoms with E-state index < -0.39 is 12.0 Å². The van der Waals surface area contributed by atoms with Gasteiger partial charge in [0.15, 0.2) is 0 Å². The highest BCUT2D eigenvalue weighted by molar-refractivity contribution is 7.09. The highest BCUT2D eigenvalue weighted by Gasteiger charge is 2.35. The molecule has 2 aromatic heterocycles. The van der Waals surface area contributed by atoms with Crippen molar-refractivity contribution in [3.05, 3.63) is 34.3 Å². The van der Waals surface area contributed by atoms with Gasteiger partial charge in [-0.1, -0.05) is 6.07 Å². The van der Waals surface area contributed by atoms with Gasteiger partial charge in [-0.15, -0.1) is 11.3 Å². The lowest BCUT2D eigenvalue weighted by molar-refractivity contribution is -0.144. The third kappa shape index (κ3) is 3.83. The molecule has 0 atom stereocenters. The summed E-state index contributed by atoms with van der Waals surface area (Å²) in [5, 5.41) is 7.55. The number of hydrogen-bond acceptors (Lipinski definition) is 5. The second-order valence-electron chi connectivity index (χ2n) is 3.92. The number of aromatic nitrogens is 2. The Kier molecular flexibility index (Phi) is 4.43. The zero-order valence-electron chi connectivity index (χ0n) is 10.7. The number of anilines is 2. The van der Waals surface area contributed by atoms with Crippen LogP contribution in [0.3, 0.4) is 0 Å². The van der Waals surface area contributed by atoms with Crippen LogP contribution in [0, 0.1) is 0 Å². The van der Waals surface area contributed by atoms with Crippen LogP contribution in [0.1, 0.15) is 17.6 Å². The Morgan fingerprint density at radius 1 is 1.20 bits per heavy atom. The van der Waals surface area contributed by atoms with Crippen molar-refractivity contribution in [1.29, 1.82) is 0 Å². The topological polar surface area (TPSA) is 49.8 Å². The molecule has 4 nitrogen and oxygen atoms in total. The first-order valence-electron chi connectivity index (χ1n) is 5.95. The van der Waals surface area contributed by atoms with E-state index in [0.29, 0.717) is 13.1 Å². The number of nitrogens with one attached hydrogen (secondary N) is 2. The van der Waals surface area contributed by atoms with E-state index >= 15 is 0 Å². The quantitative estimate of drug-likeness (QED) is 0.886. The van der Waals surface area contributed by atoms with E-state index in [2.05, 4.69) is 20.6 Å². The first-order chi connectivity index (χ1) is 9.49. The van der Waals surface area contributed by atoms with Crippen molar-refractivity contribution < 1.29 is 13.2 Å². The van der Waals surface area contributed by atoms with Gasteiger partial charge in [0, 0.05) is 17.5 Å². The second kappa shape index (κ2) is 6.08. The summed E-state index contributed by atoms with van der Waals surface area (Å²) in [6.07, 6.45) is -4.56. The summed E-state index contributed by atoms with van der Waals surface area (Å²) in [7, 11) is 0. The SMILES string of the molecule is CCNc1cc(NCc2cccs2)nc(C(F)(F)F)n1. The molecular formula is C12H13F3N4S. The Labute approximate surface area is 118 Å². The molecule has 0 spiro atoms. The first-order valence-corrected chi connectivity index (χ1v) is 6.83. The summed E-state index contributed by atoms with van der Waals surface area (Å²) in [6.45, 7) is 2.70. The average Bonchev–Trinajstić information content (AvgIpc) is 2.88. The van der Waals surface area contributed by atoms with Crippen molar-refractivity contribution in [2.75, 3.05) is 17.2 Å². The lowest BCUT2D eigenvalue weighted by atomic mass is 10.4. The van der Waals surface area contributed by atoms with Crippen molar-refractivity contribution in [3.63, 3.8) is 0 Å². The zero-order valence-corrected chi connectivity index (χ0v) is 11.5. The first kappa shape index (κ1) is 14.6. The van der Waals surface area contributed by atoms with Crippen molar-refractivity contribution in [3.8, 4) is 0 Å². The van der Waals surface area contributed by atoms with Gasteiger partial charge >= 0.3 is 6.18 Å². The molecule has 8 heteroatoms. The Morgan fingerprint density at radius 2 is 1.90 bits per heavy atom. The van der Waals surface area contributed by atoms with Crippen LogP contribution in [-0.4, -0.2) is 16.5 Å². The molecule has 2 heterocycles. The Morgan fingerprint density at radius 3 is 2.45 bits per heavy atom. The van der Waals surface area contributed by atoms with Gasteiger partial charge in [0.25, 0.3) is 0 Å². The molecular weight excluding hydrogens is 289 g/mol. The third-order valence-corrected chi connectivity index (χ3v) is 3.24.